The van der Waals surface area contributed by atoms with E-state index in [1.807, 2.05) is 11.3 Å². The molecule has 0 unspecified atom stereocenters. The Morgan fingerprint density at radius 2 is 0.854 bits per heavy atom. The quantitative estimate of drug-likeness (QED) is 0.177. The monoisotopic (exact) mass is 628 g/mol. The first-order valence-electron chi connectivity index (χ1n) is 16.4. The fraction of sp³-hybridized carbons (Fsp3) is 0. The minimum atomic E-state index is 0.905. The van der Waals surface area contributed by atoms with Crippen LogP contribution >= 0.6 is 11.3 Å². The summed E-state index contributed by atoms with van der Waals surface area (Å²) >= 11 is 1.84. The minimum absolute atomic E-state index is 0.905. The molecule has 0 saturated carbocycles. The maximum atomic E-state index is 6.83. The van der Waals surface area contributed by atoms with Crippen molar-refractivity contribution in [2.75, 3.05) is 0 Å². The van der Waals surface area contributed by atoms with Crippen molar-refractivity contribution in [3.05, 3.63) is 170 Å². The van der Waals surface area contributed by atoms with Gasteiger partial charge >= 0.3 is 0 Å². The Labute approximate surface area is 282 Å². The third-order valence-electron chi connectivity index (χ3n) is 9.67. The van der Waals surface area contributed by atoms with Gasteiger partial charge in [-0.1, -0.05) is 146 Å². The van der Waals surface area contributed by atoms with Crippen LogP contribution in [0.4, 0.5) is 0 Å². The fourth-order valence-corrected chi connectivity index (χ4v) is 8.83. The molecule has 0 fully saturated rings. The van der Waals surface area contributed by atoms with Gasteiger partial charge in [0.15, 0.2) is 0 Å². The molecule has 8 aromatic carbocycles. The second-order valence-electron chi connectivity index (χ2n) is 12.4. The maximum absolute atomic E-state index is 6.83. The molecule has 2 aromatic heterocycles. The van der Waals surface area contributed by atoms with Crippen molar-refractivity contribution in [3.8, 4) is 43.8 Å². The zero-order chi connectivity index (χ0) is 31.6. The van der Waals surface area contributed by atoms with E-state index in [-0.39, 0.29) is 0 Å². The van der Waals surface area contributed by atoms with Crippen LogP contribution in [0.5, 0.6) is 0 Å². The van der Waals surface area contributed by atoms with Gasteiger partial charge in [-0.05, 0) is 79.2 Å². The average Bonchev–Trinajstić information content (AvgIpc) is 3.73. The molecule has 0 saturated heterocycles. The first kappa shape index (κ1) is 27.2. The highest BCUT2D eigenvalue weighted by atomic mass is 32.1. The van der Waals surface area contributed by atoms with E-state index in [2.05, 4.69) is 170 Å². The summed E-state index contributed by atoms with van der Waals surface area (Å²) in [5, 5.41) is 8.48. The first-order chi connectivity index (χ1) is 23.8. The first-order valence-corrected chi connectivity index (χ1v) is 17.2. The lowest BCUT2D eigenvalue weighted by atomic mass is 9.86. The van der Waals surface area contributed by atoms with Crippen LogP contribution in [-0.2, 0) is 0 Å². The van der Waals surface area contributed by atoms with Crippen molar-refractivity contribution in [1.82, 2.24) is 0 Å². The van der Waals surface area contributed by atoms with E-state index in [0.29, 0.717) is 0 Å². The van der Waals surface area contributed by atoms with E-state index in [0.717, 1.165) is 21.9 Å². The van der Waals surface area contributed by atoms with E-state index in [1.54, 1.807) is 0 Å². The third-order valence-corrected chi connectivity index (χ3v) is 10.9. The van der Waals surface area contributed by atoms with Crippen LogP contribution in [0.25, 0.3) is 97.4 Å². The number of benzene rings is 8. The molecule has 2 heteroatoms. The molecule has 48 heavy (non-hydrogen) atoms. The number of thiophene rings is 1. The summed E-state index contributed by atoms with van der Waals surface area (Å²) in [6.07, 6.45) is 0. The maximum Gasteiger partial charge on any atom is 0.144 e. The molecular formula is C46H28OS. The number of rotatable bonds is 4. The van der Waals surface area contributed by atoms with E-state index in [1.165, 1.54) is 75.5 Å². The zero-order valence-electron chi connectivity index (χ0n) is 26.0. The molecule has 0 spiro atoms. The van der Waals surface area contributed by atoms with Crippen LogP contribution in [-0.4, -0.2) is 0 Å². The van der Waals surface area contributed by atoms with Crippen LogP contribution in [0, 0.1) is 0 Å². The topological polar surface area (TPSA) is 13.1 Å². The van der Waals surface area contributed by atoms with Gasteiger partial charge in [-0.3, -0.25) is 0 Å². The Bertz CT molecular complexity index is 2750. The lowest BCUT2D eigenvalue weighted by Crippen LogP contribution is -1.90. The predicted molar refractivity (Wildman–Crippen MR) is 206 cm³/mol. The number of fused-ring (bicyclic) bond motifs is 7. The van der Waals surface area contributed by atoms with E-state index in [4.69, 9.17) is 4.42 Å². The van der Waals surface area contributed by atoms with E-state index < -0.39 is 0 Å². The van der Waals surface area contributed by atoms with Crippen molar-refractivity contribution in [3.63, 3.8) is 0 Å². The van der Waals surface area contributed by atoms with Gasteiger partial charge < -0.3 is 4.42 Å². The molecule has 0 radical (unpaired) electrons. The molecule has 0 aliphatic heterocycles. The van der Waals surface area contributed by atoms with Gasteiger partial charge in [0.2, 0.25) is 0 Å². The largest absolute Gasteiger partial charge is 0.455 e. The standard InChI is InChI=1S/C46H28OS/c1-4-14-29(15-5-1)41-33-20-10-12-22-35(33)42(36-23-13-11-21-34(36)41)32-24-26-39-38(28-32)37-25-27-40-44(45(37)47-39)43(30-16-6-2-7-17-30)46(48-40)31-18-8-3-9-19-31/h1-28H. The van der Waals surface area contributed by atoms with Crippen LogP contribution in [0.3, 0.4) is 0 Å². The van der Waals surface area contributed by atoms with Gasteiger partial charge in [0.1, 0.15) is 11.2 Å². The smallest absolute Gasteiger partial charge is 0.144 e. The highest BCUT2D eigenvalue weighted by Crippen LogP contribution is 2.50. The molecule has 0 bridgehead atoms. The van der Waals surface area contributed by atoms with Crippen LogP contribution in [0.1, 0.15) is 0 Å². The number of hydrogen-bond donors (Lipinski definition) is 0. The summed E-state index contributed by atoms with van der Waals surface area (Å²) in [5.74, 6) is 0. The molecule has 0 aliphatic carbocycles. The predicted octanol–water partition coefficient (Wildman–Crippen LogP) is 13.8. The van der Waals surface area contributed by atoms with Crippen molar-refractivity contribution in [1.29, 1.82) is 0 Å². The van der Waals surface area contributed by atoms with Crippen LogP contribution in [0.2, 0.25) is 0 Å². The molecule has 10 aromatic rings. The van der Waals surface area contributed by atoms with Gasteiger partial charge in [0, 0.05) is 31.3 Å². The molecular weight excluding hydrogens is 601 g/mol. The fourth-order valence-electron chi connectivity index (χ4n) is 7.60. The van der Waals surface area contributed by atoms with Gasteiger partial charge in [-0.2, -0.15) is 0 Å². The Kier molecular flexibility index (Phi) is 6.12. The molecule has 2 heterocycles. The summed E-state index contributed by atoms with van der Waals surface area (Å²) in [4.78, 5) is 1.27. The molecule has 224 valence electrons. The zero-order valence-corrected chi connectivity index (χ0v) is 26.8. The number of hydrogen-bond acceptors (Lipinski definition) is 2. The SMILES string of the molecule is c1ccc(-c2sc3ccc4c5cc(-c6c7ccccc7c(-c7ccccc7)c7ccccc67)ccc5oc4c3c2-c2ccccc2)cc1. The number of furan rings is 1. The van der Waals surface area contributed by atoms with Crippen molar-refractivity contribution in [2.24, 2.45) is 0 Å². The molecule has 0 aliphatic rings. The third kappa shape index (κ3) is 4.10. The Morgan fingerprint density at radius 3 is 1.44 bits per heavy atom. The lowest BCUT2D eigenvalue weighted by Gasteiger charge is -2.17. The van der Waals surface area contributed by atoms with Gasteiger partial charge in [-0.15, -0.1) is 11.3 Å². The Hall–Kier alpha value is -5.96. The summed E-state index contributed by atoms with van der Waals surface area (Å²) in [6, 6.07) is 61.2. The average molecular weight is 629 g/mol. The van der Waals surface area contributed by atoms with Crippen molar-refractivity contribution in [2.45, 2.75) is 0 Å². The van der Waals surface area contributed by atoms with Gasteiger partial charge in [-0.25, -0.2) is 0 Å². The summed E-state index contributed by atoms with van der Waals surface area (Å²) in [6.45, 7) is 0. The van der Waals surface area contributed by atoms with Gasteiger partial charge in [0.05, 0.1) is 0 Å². The highest BCUT2D eigenvalue weighted by molar-refractivity contribution is 7.23. The molecule has 0 atom stereocenters. The lowest BCUT2D eigenvalue weighted by molar-refractivity contribution is 0.673. The molecule has 10 rings (SSSR count). The van der Waals surface area contributed by atoms with Crippen molar-refractivity contribution < 1.29 is 4.42 Å². The molecule has 0 N–H and O–H groups in total. The summed E-state index contributed by atoms with van der Waals surface area (Å²) < 4.78 is 8.06. The summed E-state index contributed by atoms with van der Waals surface area (Å²) in [7, 11) is 0. The van der Waals surface area contributed by atoms with Crippen molar-refractivity contribution >= 4 is 64.9 Å². The summed E-state index contributed by atoms with van der Waals surface area (Å²) in [5.41, 5.74) is 10.5. The normalized spacial score (nSPS) is 11.8. The highest BCUT2D eigenvalue weighted by Gasteiger charge is 2.22. The Balaban J connectivity index is 1.26. The van der Waals surface area contributed by atoms with E-state index >= 15 is 0 Å². The van der Waals surface area contributed by atoms with E-state index in [9.17, 15) is 0 Å². The molecule has 1 nitrogen and oxygen atoms in total. The Morgan fingerprint density at radius 1 is 0.354 bits per heavy atom. The molecule has 0 amide bonds. The second kappa shape index (κ2) is 10.8. The van der Waals surface area contributed by atoms with Crippen LogP contribution < -0.4 is 0 Å². The van der Waals surface area contributed by atoms with Gasteiger partial charge in [0.25, 0.3) is 0 Å². The second-order valence-corrected chi connectivity index (χ2v) is 13.4. The van der Waals surface area contributed by atoms with Crippen LogP contribution in [0.15, 0.2) is 174 Å². The minimum Gasteiger partial charge on any atom is -0.455 e.